The number of hydrogen-bond donors (Lipinski definition) is 1. The molecular formula is C16H17NO3S. The van der Waals surface area contributed by atoms with Gasteiger partial charge in [-0.15, -0.1) is 0 Å². The van der Waals surface area contributed by atoms with E-state index in [0.29, 0.717) is 11.3 Å². The zero-order valence-corrected chi connectivity index (χ0v) is 13.0. The lowest BCUT2D eigenvalue weighted by atomic mass is 10.1. The molecule has 4 nitrogen and oxygen atoms in total. The second-order valence-corrected chi connectivity index (χ2v) is 6.69. The molecule has 0 aliphatic rings. The number of benzene rings is 2. The Hall–Kier alpha value is -2.14. The van der Waals surface area contributed by atoms with Crippen LogP contribution >= 0.6 is 0 Å². The average Bonchev–Trinajstić information content (AvgIpc) is 2.42. The number of carbonyl (C=O) groups excluding carboxylic acids is 1. The van der Waals surface area contributed by atoms with Gasteiger partial charge in [-0.1, -0.05) is 29.8 Å². The fourth-order valence-corrected chi connectivity index (χ4v) is 3.19. The van der Waals surface area contributed by atoms with Crippen LogP contribution in [0.1, 0.15) is 28.4 Å². The third kappa shape index (κ3) is 3.49. The molecule has 0 heterocycles. The van der Waals surface area contributed by atoms with Crippen LogP contribution in [-0.4, -0.2) is 14.2 Å². The molecule has 0 bridgehead atoms. The third-order valence-electron chi connectivity index (χ3n) is 3.18. The van der Waals surface area contributed by atoms with Crippen LogP contribution in [0.3, 0.4) is 0 Å². The van der Waals surface area contributed by atoms with E-state index in [2.05, 4.69) is 4.72 Å². The first-order valence-electron chi connectivity index (χ1n) is 6.51. The maximum atomic E-state index is 12.4. The summed E-state index contributed by atoms with van der Waals surface area (Å²) in [6.07, 6.45) is 0. The van der Waals surface area contributed by atoms with Crippen molar-refractivity contribution in [2.24, 2.45) is 0 Å². The summed E-state index contributed by atoms with van der Waals surface area (Å²) in [5.74, 6) is -0.168. The zero-order valence-electron chi connectivity index (χ0n) is 12.2. The molecular weight excluding hydrogens is 286 g/mol. The van der Waals surface area contributed by atoms with Crippen LogP contribution in [0.15, 0.2) is 47.4 Å². The average molecular weight is 303 g/mol. The minimum absolute atomic E-state index is 0.0789. The summed E-state index contributed by atoms with van der Waals surface area (Å²) in [4.78, 5) is 11.4. The van der Waals surface area contributed by atoms with Crippen LogP contribution in [0, 0.1) is 13.8 Å². The van der Waals surface area contributed by atoms with E-state index in [4.69, 9.17) is 0 Å². The summed E-state index contributed by atoms with van der Waals surface area (Å²) >= 11 is 0. The van der Waals surface area contributed by atoms with Crippen molar-refractivity contribution in [2.45, 2.75) is 25.7 Å². The summed E-state index contributed by atoms with van der Waals surface area (Å²) in [6, 6.07) is 11.5. The number of aryl methyl sites for hydroxylation is 2. The van der Waals surface area contributed by atoms with Gasteiger partial charge in [0, 0.05) is 5.56 Å². The van der Waals surface area contributed by atoms with Crippen LogP contribution in [0.4, 0.5) is 5.69 Å². The van der Waals surface area contributed by atoms with Crippen LogP contribution in [0.25, 0.3) is 0 Å². The summed E-state index contributed by atoms with van der Waals surface area (Å²) < 4.78 is 27.3. The van der Waals surface area contributed by atoms with E-state index in [1.807, 2.05) is 26.0 Å². The zero-order chi connectivity index (χ0) is 15.6. The van der Waals surface area contributed by atoms with Gasteiger partial charge in [0.25, 0.3) is 10.0 Å². The highest BCUT2D eigenvalue weighted by Crippen LogP contribution is 2.21. The van der Waals surface area contributed by atoms with Crippen molar-refractivity contribution in [3.05, 3.63) is 59.2 Å². The third-order valence-corrected chi connectivity index (χ3v) is 4.54. The van der Waals surface area contributed by atoms with E-state index in [1.54, 1.807) is 18.2 Å². The van der Waals surface area contributed by atoms with Crippen molar-refractivity contribution < 1.29 is 13.2 Å². The number of nitrogens with one attached hydrogen (secondary N) is 1. The SMILES string of the molecule is CC(=O)c1cccc(S(=O)(=O)Nc2ccc(C)cc2C)c1. The van der Waals surface area contributed by atoms with Crippen LogP contribution in [0.5, 0.6) is 0 Å². The number of rotatable bonds is 4. The summed E-state index contributed by atoms with van der Waals surface area (Å²) in [5.41, 5.74) is 2.82. The quantitative estimate of drug-likeness (QED) is 0.881. The van der Waals surface area contributed by atoms with Gasteiger partial charge in [0.1, 0.15) is 0 Å². The second kappa shape index (κ2) is 5.69. The number of ketones is 1. The smallest absolute Gasteiger partial charge is 0.261 e. The second-order valence-electron chi connectivity index (χ2n) is 5.01. The fourth-order valence-electron chi connectivity index (χ4n) is 2.01. The van der Waals surface area contributed by atoms with E-state index in [1.165, 1.54) is 19.1 Å². The van der Waals surface area contributed by atoms with Crippen LogP contribution in [-0.2, 0) is 10.0 Å². The summed E-state index contributed by atoms with van der Waals surface area (Å²) in [5, 5.41) is 0. The molecule has 0 saturated heterocycles. The molecule has 0 unspecified atom stereocenters. The van der Waals surface area contributed by atoms with Crippen molar-refractivity contribution in [3.8, 4) is 0 Å². The molecule has 2 aromatic carbocycles. The van der Waals surface area contributed by atoms with Gasteiger partial charge in [-0.2, -0.15) is 0 Å². The van der Waals surface area contributed by atoms with E-state index >= 15 is 0 Å². The Morgan fingerprint density at radius 1 is 1.05 bits per heavy atom. The molecule has 1 N–H and O–H groups in total. The number of hydrogen-bond acceptors (Lipinski definition) is 3. The Morgan fingerprint density at radius 2 is 1.76 bits per heavy atom. The van der Waals surface area contributed by atoms with Crippen LogP contribution < -0.4 is 4.72 Å². The highest BCUT2D eigenvalue weighted by molar-refractivity contribution is 7.92. The molecule has 0 amide bonds. The Morgan fingerprint density at radius 3 is 2.38 bits per heavy atom. The van der Waals surface area contributed by atoms with E-state index in [0.717, 1.165) is 11.1 Å². The molecule has 21 heavy (non-hydrogen) atoms. The highest BCUT2D eigenvalue weighted by atomic mass is 32.2. The van der Waals surface area contributed by atoms with Gasteiger partial charge in [0.2, 0.25) is 0 Å². The molecule has 0 saturated carbocycles. The standard InChI is InChI=1S/C16H17NO3S/c1-11-7-8-16(12(2)9-11)17-21(19,20)15-6-4-5-14(10-15)13(3)18/h4-10,17H,1-3H3. The van der Waals surface area contributed by atoms with Crippen molar-refractivity contribution in [2.75, 3.05) is 4.72 Å². The molecule has 2 aromatic rings. The van der Waals surface area contributed by atoms with Crippen molar-refractivity contribution in [1.29, 1.82) is 0 Å². The van der Waals surface area contributed by atoms with Gasteiger partial charge in [-0.25, -0.2) is 8.42 Å². The maximum absolute atomic E-state index is 12.4. The van der Waals surface area contributed by atoms with Crippen LogP contribution in [0.2, 0.25) is 0 Å². The Kier molecular flexibility index (Phi) is 4.14. The topological polar surface area (TPSA) is 63.2 Å². The van der Waals surface area contributed by atoms with Gasteiger partial charge in [-0.3, -0.25) is 9.52 Å². The van der Waals surface area contributed by atoms with E-state index in [9.17, 15) is 13.2 Å². The highest BCUT2D eigenvalue weighted by Gasteiger charge is 2.16. The Bertz CT molecular complexity index is 795. The minimum Gasteiger partial charge on any atom is -0.295 e. The normalized spacial score (nSPS) is 11.2. The molecule has 0 aromatic heterocycles. The van der Waals surface area contributed by atoms with Gasteiger partial charge < -0.3 is 0 Å². The van der Waals surface area contributed by atoms with Crippen molar-refractivity contribution in [3.63, 3.8) is 0 Å². The van der Waals surface area contributed by atoms with Crippen molar-refractivity contribution >= 4 is 21.5 Å². The molecule has 0 radical (unpaired) electrons. The molecule has 0 aliphatic carbocycles. The van der Waals surface area contributed by atoms with Crippen molar-refractivity contribution in [1.82, 2.24) is 0 Å². The first-order chi connectivity index (χ1) is 9.79. The van der Waals surface area contributed by atoms with Gasteiger partial charge in [0.15, 0.2) is 5.78 Å². The Balaban J connectivity index is 2.38. The largest absolute Gasteiger partial charge is 0.295 e. The fraction of sp³-hybridized carbons (Fsp3) is 0.188. The lowest BCUT2D eigenvalue weighted by Crippen LogP contribution is -2.14. The summed E-state index contributed by atoms with van der Waals surface area (Å²) in [6.45, 7) is 5.20. The lowest BCUT2D eigenvalue weighted by molar-refractivity contribution is 0.101. The Labute approximate surface area is 124 Å². The molecule has 0 aliphatic heterocycles. The molecule has 5 heteroatoms. The molecule has 110 valence electrons. The summed E-state index contributed by atoms with van der Waals surface area (Å²) in [7, 11) is -3.71. The van der Waals surface area contributed by atoms with Gasteiger partial charge in [0.05, 0.1) is 10.6 Å². The van der Waals surface area contributed by atoms with E-state index < -0.39 is 10.0 Å². The predicted octanol–water partition coefficient (Wildman–Crippen LogP) is 3.31. The molecule has 0 atom stereocenters. The van der Waals surface area contributed by atoms with Gasteiger partial charge >= 0.3 is 0 Å². The number of carbonyl (C=O) groups is 1. The monoisotopic (exact) mass is 303 g/mol. The molecule has 0 fully saturated rings. The maximum Gasteiger partial charge on any atom is 0.261 e. The number of sulfonamides is 1. The predicted molar refractivity (Wildman–Crippen MR) is 83.2 cm³/mol. The number of Topliss-reactive ketones (excluding diaryl/α,β-unsaturated/α-hetero) is 1. The van der Waals surface area contributed by atoms with Gasteiger partial charge in [-0.05, 0) is 44.5 Å². The molecule has 2 rings (SSSR count). The first-order valence-corrected chi connectivity index (χ1v) is 7.99. The lowest BCUT2D eigenvalue weighted by Gasteiger charge is -2.11. The molecule has 0 spiro atoms. The minimum atomic E-state index is -3.71. The van der Waals surface area contributed by atoms with E-state index in [-0.39, 0.29) is 10.7 Å². The first kappa shape index (κ1) is 15.3. The number of anilines is 1.